The second-order valence-corrected chi connectivity index (χ2v) is 7.55. The summed E-state index contributed by atoms with van der Waals surface area (Å²) in [6, 6.07) is -1.69. The minimum absolute atomic E-state index is 0.115. The number of amides is 1. The molecule has 0 aromatic rings. The zero-order chi connectivity index (χ0) is 19.9. The van der Waals surface area contributed by atoms with Gasteiger partial charge in [0.2, 0.25) is 5.91 Å². The van der Waals surface area contributed by atoms with E-state index in [1.54, 1.807) is 0 Å². The highest BCUT2D eigenvalue weighted by molar-refractivity contribution is 8.13. The Hall–Kier alpha value is -1.91. The molecule has 26 heavy (non-hydrogen) atoms. The number of halogens is 3. The van der Waals surface area contributed by atoms with Gasteiger partial charge in [0.1, 0.15) is 28.9 Å². The molecule has 1 amide bonds. The van der Waals surface area contributed by atoms with E-state index in [1.165, 1.54) is 0 Å². The highest BCUT2D eigenvalue weighted by atomic mass is 32.2. The van der Waals surface area contributed by atoms with Crippen molar-refractivity contribution in [1.29, 1.82) is 0 Å². The Bertz CT molecular complexity index is 661. The summed E-state index contributed by atoms with van der Waals surface area (Å²) in [6.07, 6.45) is -5.75. The minimum Gasteiger partial charge on any atom is -0.480 e. The number of thioether (sulfide) groups is 1. The van der Waals surface area contributed by atoms with E-state index in [-0.39, 0.29) is 12.8 Å². The Morgan fingerprint density at radius 2 is 1.81 bits per heavy atom. The minimum atomic E-state index is -5.00. The molecule has 7 nitrogen and oxygen atoms in total. The Balaban J connectivity index is 2.34. The van der Waals surface area contributed by atoms with Crippen molar-refractivity contribution in [2.45, 2.75) is 38.4 Å². The van der Waals surface area contributed by atoms with E-state index in [9.17, 15) is 42.3 Å². The number of likely N-dealkylation sites (tertiary alicyclic amines) is 1. The first-order chi connectivity index (χ1) is 11.9. The van der Waals surface area contributed by atoms with Gasteiger partial charge >= 0.3 is 12.1 Å². The largest absolute Gasteiger partial charge is 0.480 e. The van der Waals surface area contributed by atoms with Crippen molar-refractivity contribution >= 4 is 40.3 Å². The molecule has 2 aliphatic rings. The molecule has 1 aliphatic carbocycles. The van der Waals surface area contributed by atoms with E-state index in [0.717, 1.165) is 6.92 Å². The lowest BCUT2D eigenvalue weighted by Crippen LogP contribution is -2.49. The molecule has 2 fully saturated rings. The van der Waals surface area contributed by atoms with Gasteiger partial charge in [-0.3, -0.25) is 19.2 Å². The fraction of sp³-hybridized carbons (Fsp3) is 0.667. The maximum atomic E-state index is 13.3. The first kappa shape index (κ1) is 20.4. The van der Waals surface area contributed by atoms with Crippen LogP contribution in [0.15, 0.2) is 0 Å². The van der Waals surface area contributed by atoms with Crippen molar-refractivity contribution in [2.75, 3.05) is 12.3 Å². The average Bonchev–Trinajstić information content (AvgIpc) is 3.03. The lowest BCUT2D eigenvalue weighted by atomic mass is 9.82. The number of hydrogen-bond donors (Lipinski definition) is 1. The van der Waals surface area contributed by atoms with E-state index in [1.807, 2.05) is 0 Å². The van der Waals surface area contributed by atoms with Crippen LogP contribution in [0.25, 0.3) is 0 Å². The summed E-state index contributed by atoms with van der Waals surface area (Å²) in [5.41, 5.74) is -1.73. The third kappa shape index (κ3) is 3.62. The molecule has 2 atom stereocenters. The van der Waals surface area contributed by atoms with Gasteiger partial charge < -0.3 is 10.0 Å². The van der Waals surface area contributed by atoms with Crippen LogP contribution in [-0.4, -0.2) is 63.1 Å². The number of alkyl halides is 3. The summed E-state index contributed by atoms with van der Waals surface area (Å²) in [4.78, 5) is 59.6. The SMILES string of the molecule is CC(=O)SCC(C(=O)N1CC2(C[C@H]1C(=O)O)C(=O)CCC2=O)C(F)(F)F. The van der Waals surface area contributed by atoms with Crippen LogP contribution >= 0.6 is 11.8 Å². The van der Waals surface area contributed by atoms with Crippen LogP contribution in [-0.2, 0) is 24.0 Å². The van der Waals surface area contributed by atoms with Crippen LogP contribution in [0.1, 0.15) is 26.2 Å². The summed E-state index contributed by atoms with van der Waals surface area (Å²) in [6.45, 7) is 0.376. The number of hydrogen-bond acceptors (Lipinski definition) is 6. The van der Waals surface area contributed by atoms with Crippen LogP contribution in [0.2, 0.25) is 0 Å². The molecule has 0 radical (unpaired) electrons. The normalized spacial score (nSPS) is 23.5. The zero-order valence-corrected chi connectivity index (χ0v) is 14.5. The molecule has 11 heteroatoms. The number of Topliss-reactive ketones (excluding diaryl/α,β-unsaturated/α-hetero) is 2. The molecule has 2 rings (SSSR count). The van der Waals surface area contributed by atoms with E-state index in [2.05, 4.69) is 0 Å². The summed E-state index contributed by atoms with van der Waals surface area (Å²) in [7, 11) is 0. The van der Waals surface area contributed by atoms with Crippen molar-refractivity contribution in [3.63, 3.8) is 0 Å². The predicted molar refractivity (Wildman–Crippen MR) is 82.1 cm³/mol. The Morgan fingerprint density at radius 1 is 1.27 bits per heavy atom. The molecule has 0 aromatic carbocycles. The molecule has 1 aliphatic heterocycles. The van der Waals surface area contributed by atoms with E-state index >= 15 is 0 Å². The number of carboxylic acid groups (broad SMARTS) is 1. The lowest BCUT2D eigenvalue weighted by Gasteiger charge is -2.28. The Labute approximate surface area is 150 Å². The van der Waals surface area contributed by atoms with E-state index < -0.39 is 70.8 Å². The fourth-order valence-electron chi connectivity index (χ4n) is 3.33. The van der Waals surface area contributed by atoms with Gasteiger partial charge in [0.25, 0.3) is 0 Å². The number of aliphatic carboxylic acids is 1. The van der Waals surface area contributed by atoms with E-state index in [0.29, 0.717) is 16.7 Å². The highest BCUT2D eigenvalue weighted by Gasteiger charge is 2.61. The zero-order valence-electron chi connectivity index (χ0n) is 13.7. The number of carbonyl (C=O) groups excluding carboxylic acids is 4. The van der Waals surface area contributed by atoms with Crippen molar-refractivity contribution in [3.8, 4) is 0 Å². The number of carboxylic acids is 1. The molecule has 1 saturated carbocycles. The van der Waals surface area contributed by atoms with Crippen LogP contribution in [0.3, 0.4) is 0 Å². The highest BCUT2D eigenvalue weighted by Crippen LogP contribution is 2.44. The first-order valence-electron chi connectivity index (χ1n) is 7.70. The molecule has 144 valence electrons. The monoisotopic (exact) mass is 395 g/mol. The number of nitrogens with zero attached hydrogens (tertiary/aromatic N) is 1. The van der Waals surface area contributed by atoms with Crippen LogP contribution in [0.5, 0.6) is 0 Å². The van der Waals surface area contributed by atoms with E-state index in [4.69, 9.17) is 0 Å². The van der Waals surface area contributed by atoms with Crippen LogP contribution in [0.4, 0.5) is 13.2 Å². The number of ketones is 2. The number of rotatable bonds is 4. The summed E-state index contributed by atoms with van der Waals surface area (Å²) >= 11 is 0.300. The summed E-state index contributed by atoms with van der Waals surface area (Å²) < 4.78 is 39.8. The van der Waals surface area contributed by atoms with Crippen LogP contribution < -0.4 is 0 Å². The Kier molecular flexibility index (Phi) is 5.50. The molecule has 1 saturated heterocycles. The van der Waals surface area contributed by atoms with Gasteiger partial charge in [0.15, 0.2) is 5.12 Å². The molecule has 0 bridgehead atoms. The standard InChI is InChI=1S/C15H16F3NO6S/c1-7(20)26-5-8(15(16,17)18)12(23)19-6-14(4-9(19)13(24)25)10(21)2-3-11(14)22/h8-9H,2-6H2,1H3,(H,24,25)/t8?,9-/m0/s1. The van der Waals surface area contributed by atoms with Crippen molar-refractivity contribution in [2.24, 2.45) is 11.3 Å². The first-order valence-corrected chi connectivity index (χ1v) is 8.68. The van der Waals surface area contributed by atoms with Crippen LogP contribution in [0, 0.1) is 11.3 Å². The average molecular weight is 395 g/mol. The molecule has 1 spiro atoms. The topological polar surface area (TPSA) is 109 Å². The maximum Gasteiger partial charge on any atom is 0.401 e. The second kappa shape index (κ2) is 7.01. The third-order valence-electron chi connectivity index (χ3n) is 4.72. The summed E-state index contributed by atoms with van der Waals surface area (Å²) in [5, 5.41) is 8.67. The van der Waals surface area contributed by atoms with Gasteiger partial charge in [-0.05, 0) is 6.42 Å². The van der Waals surface area contributed by atoms with Gasteiger partial charge in [-0.15, -0.1) is 0 Å². The van der Waals surface area contributed by atoms with Crippen molar-refractivity contribution in [1.82, 2.24) is 4.90 Å². The third-order valence-corrected chi connectivity index (χ3v) is 5.63. The van der Waals surface area contributed by atoms with Gasteiger partial charge in [-0.25, -0.2) is 4.79 Å². The van der Waals surface area contributed by atoms with Crippen molar-refractivity contribution < 1.29 is 42.3 Å². The second-order valence-electron chi connectivity index (χ2n) is 6.35. The smallest absolute Gasteiger partial charge is 0.401 e. The molecule has 1 heterocycles. The Morgan fingerprint density at radius 3 is 2.23 bits per heavy atom. The summed E-state index contributed by atoms with van der Waals surface area (Å²) in [5.74, 6) is -7.71. The molecule has 0 aromatic heterocycles. The molecule has 1 N–H and O–H groups in total. The lowest BCUT2D eigenvalue weighted by molar-refractivity contribution is -0.186. The molecule has 1 unspecified atom stereocenters. The number of carbonyl (C=O) groups is 5. The molecular weight excluding hydrogens is 379 g/mol. The van der Waals surface area contributed by atoms with Gasteiger partial charge in [0, 0.05) is 32.1 Å². The van der Waals surface area contributed by atoms with Gasteiger partial charge in [-0.2, -0.15) is 13.2 Å². The predicted octanol–water partition coefficient (Wildman–Crippen LogP) is 1.05. The fourth-order valence-corrected chi connectivity index (χ4v) is 4.06. The maximum absolute atomic E-state index is 13.3. The van der Waals surface area contributed by atoms with Crippen molar-refractivity contribution in [3.05, 3.63) is 0 Å². The molecular formula is C15H16F3NO6S. The quantitative estimate of drug-likeness (QED) is 0.709. The van der Waals surface area contributed by atoms with Gasteiger partial charge in [0.05, 0.1) is 0 Å². The van der Waals surface area contributed by atoms with Gasteiger partial charge in [-0.1, -0.05) is 11.8 Å².